The van der Waals surface area contributed by atoms with Crippen molar-refractivity contribution in [2.45, 2.75) is 71.2 Å². The predicted molar refractivity (Wildman–Crippen MR) is 174 cm³/mol. The van der Waals surface area contributed by atoms with Gasteiger partial charge >= 0.3 is 0 Å². The number of benzene rings is 2. The summed E-state index contributed by atoms with van der Waals surface area (Å²) in [6.07, 6.45) is -0.523. The van der Waals surface area contributed by atoms with Crippen LogP contribution in [0.4, 0.5) is 0 Å². The van der Waals surface area contributed by atoms with Gasteiger partial charge in [-0.3, -0.25) is 9.79 Å². The molecule has 7 N–H and O–H groups in total. The number of hydrogen-bond donors (Lipinski definition) is 6. The Kier molecular flexibility index (Phi) is 10.3. The Morgan fingerprint density at radius 2 is 1.93 bits per heavy atom. The Morgan fingerprint density at radius 3 is 2.70 bits per heavy atom. The van der Waals surface area contributed by atoms with Crippen molar-refractivity contribution in [1.29, 1.82) is 0 Å². The van der Waals surface area contributed by atoms with Crippen LogP contribution >= 0.6 is 0 Å². The van der Waals surface area contributed by atoms with E-state index in [1.165, 1.54) is 13.2 Å². The van der Waals surface area contributed by atoms with Crippen molar-refractivity contribution in [2.75, 3.05) is 20.2 Å². The molecule has 10 nitrogen and oxygen atoms in total. The molecule has 3 aliphatic rings. The summed E-state index contributed by atoms with van der Waals surface area (Å²) in [4.78, 5) is 17.5. The Labute approximate surface area is 270 Å². The van der Waals surface area contributed by atoms with Crippen molar-refractivity contribution in [3.63, 3.8) is 0 Å². The molecule has 1 aliphatic heterocycles. The molecule has 5 bridgehead atoms. The zero-order valence-corrected chi connectivity index (χ0v) is 26.6. The highest BCUT2D eigenvalue weighted by atomic mass is 16.6. The second-order valence-corrected chi connectivity index (χ2v) is 12.8. The molecule has 5 atom stereocenters. The molecule has 0 saturated carbocycles. The fraction of sp³-hybridized carbons (Fsp3) is 0.500. The van der Waals surface area contributed by atoms with Crippen LogP contribution in [-0.4, -0.2) is 64.8 Å². The Bertz CT molecular complexity index is 1630. The van der Waals surface area contributed by atoms with Gasteiger partial charge in [-0.05, 0) is 48.3 Å². The van der Waals surface area contributed by atoms with E-state index >= 15 is 0 Å². The third kappa shape index (κ3) is 7.36. The molecule has 46 heavy (non-hydrogen) atoms. The van der Waals surface area contributed by atoms with E-state index in [1.54, 1.807) is 6.07 Å². The number of guanidine groups is 1. The van der Waals surface area contributed by atoms with Gasteiger partial charge in [0.2, 0.25) is 6.29 Å². The maximum absolute atomic E-state index is 13.1. The average molecular weight is 630 g/mol. The number of phenolic OH excluding ortho intramolecular Hbond substituents is 2. The molecule has 2 aromatic rings. The van der Waals surface area contributed by atoms with E-state index < -0.39 is 18.3 Å². The third-order valence-electron chi connectivity index (χ3n) is 8.94. The summed E-state index contributed by atoms with van der Waals surface area (Å²) in [6.45, 7) is 5.09. The molecule has 0 saturated heterocycles. The molecule has 0 aromatic heterocycles. The lowest BCUT2D eigenvalue weighted by Gasteiger charge is -2.37. The van der Waals surface area contributed by atoms with Crippen LogP contribution in [0.1, 0.15) is 60.9 Å². The number of rotatable bonds is 5. The molecule has 0 fully saturated rings. The van der Waals surface area contributed by atoms with E-state index in [1.807, 2.05) is 6.07 Å². The number of methoxy groups -OCH3 is 1. The van der Waals surface area contributed by atoms with Crippen molar-refractivity contribution in [3.05, 3.63) is 46.0 Å². The number of ketones is 1. The van der Waals surface area contributed by atoms with Crippen LogP contribution in [-0.2, 0) is 30.5 Å². The molecule has 2 aliphatic carbocycles. The van der Waals surface area contributed by atoms with Gasteiger partial charge in [-0.25, -0.2) is 0 Å². The molecule has 0 spiro atoms. The number of nitrogens with two attached hydrogens (primary N) is 1. The van der Waals surface area contributed by atoms with Gasteiger partial charge in [0.05, 0.1) is 24.7 Å². The summed E-state index contributed by atoms with van der Waals surface area (Å²) in [6, 6.07) is 5.07. The monoisotopic (exact) mass is 629 g/mol. The topological polar surface area (TPSA) is 167 Å². The van der Waals surface area contributed by atoms with Crippen molar-refractivity contribution in [2.24, 2.45) is 34.4 Å². The highest BCUT2D eigenvalue weighted by Crippen LogP contribution is 2.45. The molecular weight excluding hydrogens is 586 g/mol. The number of aliphatic hydroxyl groups excluding tert-OH is 2. The first-order valence-electron chi connectivity index (χ1n) is 15.9. The first kappa shape index (κ1) is 33.0. The van der Waals surface area contributed by atoms with Crippen LogP contribution < -0.4 is 20.5 Å². The molecular formula is C36H43N3O7. The number of aromatic hydroxyl groups is 2. The number of nitrogens with zero attached hydrogens (tertiary/aromatic N) is 1. The number of aliphatic imine (C=N–C) groups is 1. The number of carbonyl (C=O) groups excluding carboxylic acids is 1. The molecule has 10 heteroatoms. The van der Waals surface area contributed by atoms with Crippen LogP contribution in [0.2, 0.25) is 0 Å². The van der Waals surface area contributed by atoms with Gasteiger partial charge in [0, 0.05) is 55.8 Å². The number of nitrogens with one attached hydrogen (secondary N) is 1. The number of ether oxygens (including phenoxy) is 2. The van der Waals surface area contributed by atoms with Gasteiger partial charge in [-0.2, -0.15) is 0 Å². The molecule has 0 amide bonds. The zero-order chi connectivity index (χ0) is 33.0. The summed E-state index contributed by atoms with van der Waals surface area (Å²) in [7, 11) is 1.44. The van der Waals surface area contributed by atoms with E-state index in [0.717, 1.165) is 16.7 Å². The molecule has 0 unspecified atom stereocenters. The fourth-order valence-corrected chi connectivity index (χ4v) is 6.34. The third-order valence-corrected chi connectivity index (χ3v) is 8.94. The number of aliphatic hydroxyl groups is 2. The molecule has 5 rings (SSSR count). The van der Waals surface area contributed by atoms with Gasteiger partial charge in [0.25, 0.3) is 0 Å². The number of carbonyl (C=O) groups is 1. The van der Waals surface area contributed by atoms with Crippen LogP contribution in [0.3, 0.4) is 0 Å². The lowest BCUT2D eigenvalue weighted by Crippen LogP contribution is -2.44. The second kappa shape index (κ2) is 14.4. The average Bonchev–Trinajstić information content (AvgIpc) is 3.02. The summed E-state index contributed by atoms with van der Waals surface area (Å²) < 4.78 is 11.5. The standard InChI is InChI=1S/C36H43N3O7/c1-20(2)18-38-36(37)39-19-24-8-4-6-22-14-25-15-23(32(43)34-28(25)17-29(24)35(44)46-34)7-5-9-27-21(10-12-26(40)16-31(22)42)11-13-30(41)33(27)45-3/h11,13,15,20,22,24,29,31,35,41-44H,7-8,10,12,14,16-19H2,1-3H3,(H3,37,38,39)/t22-,24-,29+,31+,35+/m1/s1. The summed E-state index contributed by atoms with van der Waals surface area (Å²) in [5.74, 6) is 12.3. The Morgan fingerprint density at radius 1 is 1.13 bits per heavy atom. The van der Waals surface area contributed by atoms with E-state index in [2.05, 4.69) is 47.8 Å². The van der Waals surface area contributed by atoms with Gasteiger partial charge in [-0.1, -0.05) is 43.7 Å². The maximum atomic E-state index is 13.1. The normalized spacial score (nSPS) is 24.3. The zero-order valence-electron chi connectivity index (χ0n) is 26.6. The SMILES string of the molecule is COc1c(O)ccc2c1C#CCc1cc3c4c(c1O)O[C@H](O)[C@@H](C4)[C@@H](CNC(N)=NCC(C)C)CC#C[C@H](C3)[C@@H](O)CC(=O)CC2. The Balaban J connectivity index is 1.57. The summed E-state index contributed by atoms with van der Waals surface area (Å²) in [5, 5.41) is 47.6. The predicted octanol–water partition coefficient (Wildman–Crippen LogP) is 2.58. The fourth-order valence-electron chi connectivity index (χ4n) is 6.34. The molecule has 244 valence electrons. The highest BCUT2D eigenvalue weighted by molar-refractivity contribution is 5.79. The van der Waals surface area contributed by atoms with Gasteiger partial charge in [0.15, 0.2) is 29.0 Å². The Hall–Kier alpha value is -4.38. The van der Waals surface area contributed by atoms with Crippen molar-refractivity contribution in [1.82, 2.24) is 5.32 Å². The van der Waals surface area contributed by atoms with E-state index in [0.29, 0.717) is 61.8 Å². The highest BCUT2D eigenvalue weighted by Gasteiger charge is 2.38. The number of Topliss-reactive ketones (excluding diaryl/α,β-unsaturated/α-hetero) is 1. The van der Waals surface area contributed by atoms with E-state index in [4.69, 9.17) is 15.2 Å². The largest absolute Gasteiger partial charge is 0.504 e. The molecule has 2 aromatic carbocycles. The first-order valence-corrected chi connectivity index (χ1v) is 15.9. The second-order valence-electron chi connectivity index (χ2n) is 12.8. The number of hydrogen-bond acceptors (Lipinski definition) is 8. The van der Waals surface area contributed by atoms with Crippen LogP contribution in [0.25, 0.3) is 0 Å². The smallest absolute Gasteiger partial charge is 0.201 e. The quantitative estimate of drug-likeness (QED) is 0.166. The van der Waals surface area contributed by atoms with Crippen LogP contribution in [0, 0.1) is 47.4 Å². The molecule has 1 heterocycles. The number of fused-ring (bicyclic) bond motifs is 4. The van der Waals surface area contributed by atoms with Crippen molar-refractivity contribution >= 4 is 11.7 Å². The summed E-state index contributed by atoms with van der Waals surface area (Å²) >= 11 is 0. The van der Waals surface area contributed by atoms with Gasteiger partial charge < -0.3 is 41.0 Å². The van der Waals surface area contributed by atoms with Gasteiger partial charge in [0.1, 0.15) is 5.78 Å². The number of phenols is 2. The van der Waals surface area contributed by atoms with E-state index in [-0.39, 0.29) is 59.9 Å². The molecule has 0 radical (unpaired) electrons. The maximum Gasteiger partial charge on any atom is 0.201 e. The van der Waals surface area contributed by atoms with Crippen LogP contribution in [0.15, 0.2) is 23.2 Å². The minimum Gasteiger partial charge on any atom is -0.504 e. The van der Waals surface area contributed by atoms with E-state index in [9.17, 15) is 25.2 Å². The lowest BCUT2D eigenvalue weighted by molar-refractivity contribution is -0.121. The summed E-state index contributed by atoms with van der Waals surface area (Å²) in [5.41, 5.74) is 9.35. The first-order chi connectivity index (χ1) is 22.0. The van der Waals surface area contributed by atoms with Crippen molar-refractivity contribution in [3.8, 4) is 46.7 Å². The van der Waals surface area contributed by atoms with Crippen LogP contribution in [0.5, 0.6) is 23.0 Å². The number of aryl methyl sites for hydroxylation is 1. The minimum absolute atomic E-state index is 0.0722. The van der Waals surface area contributed by atoms with Crippen molar-refractivity contribution < 1.29 is 34.7 Å². The van der Waals surface area contributed by atoms with Gasteiger partial charge in [-0.15, -0.1) is 5.92 Å². The minimum atomic E-state index is -1.21. The lowest BCUT2D eigenvalue weighted by atomic mass is 9.77.